The minimum absolute atomic E-state index is 0.306. The van der Waals surface area contributed by atoms with Gasteiger partial charge >= 0.3 is 5.97 Å². The fraction of sp³-hybridized carbons (Fsp3) is 0.429. The lowest BCUT2D eigenvalue weighted by molar-refractivity contribution is -0.150. The van der Waals surface area contributed by atoms with Gasteiger partial charge in [-0.3, -0.25) is 9.59 Å². The van der Waals surface area contributed by atoms with Crippen molar-refractivity contribution in [1.82, 2.24) is 5.32 Å². The van der Waals surface area contributed by atoms with Crippen LogP contribution in [-0.4, -0.2) is 30.2 Å². The number of nitrogens with one attached hydrogen (secondary N) is 1. The first-order valence-corrected chi connectivity index (χ1v) is 6.53. The van der Waals surface area contributed by atoms with Crippen LogP contribution in [-0.2, 0) is 14.3 Å². The molecule has 6 heteroatoms. The number of halogens is 1. The first-order chi connectivity index (χ1) is 9.36. The number of carbonyl (C=O) groups excluding carboxylic acids is 2. The normalized spacial score (nSPS) is 15.1. The van der Waals surface area contributed by atoms with Crippen molar-refractivity contribution in [3.63, 3.8) is 0 Å². The van der Waals surface area contributed by atoms with Crippen LogP contribution >= 0.6 is 11.6 Å². The highest BCUT2D eigenvalue weighted by Crippen LogP contribution is 2.27. The number of ether oxygens (including phenoxy) is 1. The summed E-state index contributed by atoms with van der Waals surface area (Å²) in [4.78, 5) is 23.2. The molecular weight excluding hydrogens is 282 g/mol. The zero-order valence-corrected chi connectivity index (χ0v) is 12.3. The zero-order valence-electron chi connectivity index (χ0n) is 11.6. The lowest BCUT2D eigenvalue weighted by Gasteiger charge is -2.28. The van der Waals surface area contributed by atoms with E-state index in [4.69, 9.17) is 16.3 Å². The third-order valence-corrected chi connectivity index (χ3v) is 3.19. The Bertz CT molecular complexity index is 473. The molecule has 0 saturated heterocycles. The minimum atomic E-state index is -0.977. The first-order valence-electron chi connectivity index (χ1n) is 6.15. The molecule has 20 heavy (non-hydrogen) atoms. The number of hydrogen-bond donors (Lipinski definition) is 2. The van der Waals surface area contributed by atoms with E-state index in [0.717, 1.165) is 0 Å². The maximum atomic E-state index is 11.9. The molecule has 0 saturated carbocycles. The highest BCUT2D eigenvalue weighted by molar-refractivity contribution is 6.30. The maximum Gasteiger partial charge on any atom is 0.313 e. The molecule has 1 rings (SSSR count). The molecule has 110 valence electrons. The second-order valence-corrected chi connectivity index (χ2v) is 4.96. The smallest absolute Gasteiger partial charge is 0.313 e. The summed E-state index contributed by atoms with van der Waals surface area (Å²) in [6.07, 6.45) is -0.977. The number of carbonyl (C=O) groups is 2. The maximum absolute atomic E-state index is 11.9. The third-order valence-electron chi connectivity index (χ3n) is 2.94. The molecule has 0 bridgehead atoms. The molecule has 1 amide bonds. The predicted molar refractivity (Wildman–Crippen MR) is 75.2 cm³/mol. The first kappa shape index (κ1) is 16.5. The van der Waals surface area contributed by atoms with Gasteiger partial charge in [-0.1, -0.05) is 23.7 Å². The second kappa shape index (κ2) is 7.26. The lowest BCUT2D eigenvalue weighted by atomic mass is 9.89. The molecular formula is C14H18ClNO4. The molecule has 0 unspecified atom stereocenters. The summed E-state index contributed by atoms with van der Waals surface area (Å²) in [5.41, 5.74) is 0.668. The van der Waals surface area contributed by atoms with Gasteiger partial charge in [-0.25, -0.2) is 0 Å². The van der Waals surface area contributed by atoms with E-state index in [1.54, 1.807) is 24.3 Å². The number of rotatable bonds is 5. The molecule has 3 atom stereocenters. The van der Waals surface area contributed by atoms with E-state index >= 15 is 0 Å². The number of aliphatic hydroxyl groups excluding tert-OH is 1. The van der Waals surface area contributed by atoms with E-state index in [0.29, 0.717) is 10.6 Å². The predicted octanol–water partition coefficient (Wildman–Crippen LogP) is 1.69. The number of aliphatic hydroxyl groups is 1. The van der Waals surface area contributed by atoms with Crippen molar-refractivity contribution in [2.24, 2.45) is 5.92 Å². The fourth-order valence-corrected chi connectivity index (χ4v) is 2.14. The van der Waals surface area contributed by atoms with E-state index in [1.807, 2.05) is 0 Å². The summed E-state index contributed by atoms with van der Waals surface area (Å²) in [5, 5.41) is 13.0. The Morgan fingerprint density at radius 1 is 1.30 bits per heavy atom. The number of amides is 1. The molecule has 0 aromatic heterocycles. The minimum Gasteiger partial charge on any atom is -0.469 e. The van der Waals surface area contributed by atoms with Crippen molar-refractivity contribution < 1.29 is 19.4 Å². The molecule has 0 radical (unpaired) electrons. The topological polar surface area (TPSA) is 75.6 Å². The molecule has 0 aliphatic carbocycles. The number of esters is 1. The van der Waals surface area contributed by atoms with Gasteiger partial charge in [-0.05, 0) is 24.6 Å². The highest BCUT2D eigenvalue weighted by Gasteiger charge is 2.35. The summed E-state index contributed by atoms with van der Waals surface area (Å²) in [5.74, 6) is -1.79. The quantitative estimate of drug-likeness (QED) is 0.811. The SMILES string of the molecule is COC(=O)[C@H]([C@H](C)O)[C@@H](NC(C)=O)c1ccc(Cl)cc1. The summed E-state index contributed by atoms with van der Waals surface area (Å²) < 4.78 is 4.71. The standard InChI is InChI=1S/C14H18ClNO4/c1-8(17)12(14(19)20-3)13(16-9(2)18)10-4-6-11(15)7-5-10/h4-8,12-13,17H,1-3H3,(H,16,18)/t8-,12+,13-/m0/s1. The van der Waals surface area contributed by atoms with Crippen molar-refractivity contribution in [2.45, 2.75) is 26.0 Å². The number of methoxy groups -OCH3 is 1. The van der Waals surface area contributed by atoms with Gasteiger partial charge in [0.2, 0.25) is 5.91 Å². The molecule has 2 N–H and O–H groups in total. The second-order valence-electron chi connectivity index (χ2n) is 4.52. The van der Waals surface area contributed by atoms with E-state index in [-0.39, 0.29) is 5.91 Å². The Balaban J connectivity index is 3.18. The van der Waals surface area contributed by atoms with Crippen LogP contribution < -0.4 is 5.32 Å². The summed E-state index contributed by atoms with van der Waals surface area (Å²) in [6, 6.07) is 6.02. The van der Waals surface area contributed by atoms with Crippen LogP contribution in [0.1, 0.15) is 25.5 Å². The van der Waals surface area contributed by atoms with Crippen molar-refractivity contribution in [3.8, 4) is 0 Å². The lowest BCUT2D eigenvalue weighted by Crippen LogP contribution is -2.41. The molecule has 1 aromatic carbocycles. The van der Waals surface area contributed by atoms with Crippen LogP contribution in [0.2, 0.25) is 5.02 Å². The molecule has 1 aromatic rings. The van der Waals surface area contributed by atoms with Gasteiger partial charge in [0.1, 0.15) is 5.92 Å². The molecule has 0 fully saturated rings. The van der Waals surface area contributed by atoms with Crippen LogP contribution in [0, 0.1) is 5.92 Å². The molecule has 0 spiro atoms. The Hall–Kier alpha value is -1.59. The van der Waals surface area contributed by atoms with Gasteiger partial charge in [0, 0.05) is 11.9 Å². The molecule has 0 aliphatic heterocycles. The van der Waals surface area contributed by atoms with E-state index in [2.05, 4.69) is 5.32 Å². The van der Waals surface area contributed by atoms with E-state index < -0.39 is 24.0 Å². The summed E-state index contributed by atoms with van der Waals surface area (Å²) in [7, 11) is 1.24. The van der Waals surface area contributed by atoms with Crippen LogP contribution in [0.15, 0.2) is 24.3 Å². The highest BCUT2D eigenvalue weighted by atomic mass is 35.5. The Morgan fingerprint density at radius 2 is 1.85 bits per heavy atom. The Morgan fingerprint density at radius 3 is 2.25 bits per heavy atom. The molecule has 0 aliphatic rings. The van der Waals surface area contributed by atoms with Gasteiger partial charge in [0.15, 0.2) is 0 Å². The van der Waals surface area contributed by atoms with Crippen molar-refractivity contribution in [1.29, 1.82) is 0 Å². The van der Waals surface area contributed by atoms with Gasteiger partial charge in [-0.15, -0.1) is 0 Å². The monoisotopic (exact) mass is 299 g/mol. The molecule has 0 heterocycles. The third kappa shape index (κ3) is 4.21. The van der Waals surface area contributed by atoms with Gasteiger partial charge in [0.25, 0.3) is 0 Å². The zero-order chi connectivity index (χ0) is 15.3. The van der Waals surface area contributed by atoms with Crippen LogP contribution in [0.25, 0.3) is 0 Å². The van der Waals surface area contributed by atoms with Gasteiger partial charge in [0.05, 0.1) is 19.3 Å². The fourth-order valence-electron chi connectivity index (χ4n) is 2.02. The van der Waals surface area contributed by atoms with E-state index in [1.165, 1.54) is 21.0 Å². The Labute approximate surface area is 122 Å². The van der Waals surface area contributed by atoms with E-state index in [9.17, 15) is 14.7 Å². The van der Waals surface area contributed by atoms with Crippen molar-refractivity contribution >= 4 is 23.5 Å². The molecule has 5 nitrogen and oxygen atoms in total. The van der Waals surface area contributed by atoms with Gasteiger partial charge < -0.3 is 15.2 Å². The van der Waals surface area contributed by atoms with Gasteiger partial charge in [-0.2, -0.15) is 0 Å². The summed E-state index contributed by atoms with van der Waals surface area (Å²) in [6.45, 7) is 2.83. The average molecular weight is 300 g/mol. The number of benzene rings is 1. The summed E-state index contributed by atoms with van der Waals surface area (Å²) >= 11 is 5.83. The van der Waals surface area contributed by atoms with Crippen molar-refractivity contribution in [3.05, 3.63) is 34.9 Å². The average Bonchev–Trinajstić information content (AvgIpc) is 2.37. The largest absolute Gasteiger partial charge is 0.469 e. The number of hydrogen-bond acceptors (Lipinski definition) is 4. The van der Waals surface area contributed by atoms with Crippen molar-refractivity contribution in [2.75, 3.05) is 7.11 Å². The van der Waals surface area contributed by atoms with Crippen LogP contribution in [0.3, 0.4) is 0 Å². The van der Waals surface area contributed by atoms with Crippen LogP contribution in [0.4, 0.5) is 0 Å². The Kier molecular flexibility index (Phi) is 5.98. The van der Waals surface area contributed by atoms with Crippen LogP contribution in [0.5, 0.6) is 0 Å².